The van der Waals surface area contributed by atoms with Crippen molar-refractivity contribution in [2.24, 2.45) is 10.9 Å². The molecule has 3 N–H and O–H groups in total. The topological polar surface area (TPSA) is 68.8 Å². The smallest absolute Gasteiger partial charge is 0.223 e. The summed E-state index contributed by atoms with van der Waals surface area (Å²) in [5.41, 5.74) is 1.19. The van der Waals surface area contributed by atoms with E-state index in [0.29, 0.717) is 19.6 Å². The molecule has 0 aromatic heterocycles. The molecule has 1 unspecified atom stereocenters. The lowest BCUT2D eigenvalue weighted by Gasteiger charge is -2.26. The van der Waals surface area contributed by atoms with Gasteiger partial charge in [-0.3, -0.25) is 9.79 Å². The predicted molar refractivity (Wildman–Crippen MR) is 104 cm³/mol. The molecule has 1 atom stereocenters. The third-order valence-corrected chi connectivity index (χ3v) is 4.35. The van der Waals surface area contributed by atoms with Crippen molar-refractivity contribution in [3.63, 3.8) is 0 Å². The van der Waals surface area contributed by atoms with E-state index in [1.807, 2.05) is 25.1 Å². The minimum absolute atomic E-state index is 0.182. The van der Waals surface area contributed by atoms with Gasteiger partial charge in [0.25, 0.3) is 0 Å². The number of aliphatic imine (C=N–C) groups is 1. The highest BCUT2D eigenvalue weighted by Gasteiger charge is 2.28. The molecule has 0 heterocycles. The fourth-order valence-corrected chi connectivity index (χ4v) is 2.46. The summed E-state index contributed by atoms with van der Waals surface area (Å²) in [5.74, 6) is 1.23. The molecule has 0 aliphatic heterocycles. The van der Waals surface area contributed by atoms with Crippen molar-refractivity contribution in [1.29, 1.82) is 0 Å². The van der Waals surface area contributed by atoms with Crippen molar-refractivity contribution in [1.82, 2.24) is 16.0 Å². The van der Waals surface area contributed by atoms with Crippen molar-refractivity contribution in [3.8, 4) is 0 Å². The third-order valence-electron chi connectivity index (χ3n) is 4.35. The average molecular weight is 345 g/mol. The van der Waals surface area contributed by atoms with Crippen LogP contribution in [-0.2, 0) is 4.79 Å². The second-order valence-electron chi connectivity index (χ2n) is 6.51. The van der Waals surface area contributed by atoms with Crippen LogP contribution in [0.5, 0.6) is 0 Å². The summed E-state index contributed by atoms with van der Waals surface area (Å²) < 4.78 is 0. The first kappa shape index (κ1) is 19.1. The number of carbonyl (C=O) groups is 1. The van der Waals surface area contributed by atoms with Gasteiger partial charge in [-0.1, -0.05) is 18.2 Å². The Hall–Kier alpha value is -2.24. The molecule has 6 nitrogen and oxygen atoms in total. The number of para-hydroxylation sites is 1. The van der Waals surface area contributed by atoms with Gasteiger partial charge in [-0.25, -0.2) is 0 Å². The molecule has 0 spiro atoms. The van der Waals surface area contributed by atoms with E-state index in [1.54, 1.807) is 0 Å². The van der Waals surface area contributed by atoms with E-state index >= 15 is 0 Å². The Morgan fingerprint density at radius 1 is 1.20 bits per heavy atom. The zero-order valence-corrected chi connectivity index (χ0v) is 15.6. The van der Waals surface area contributed by atoms with Crippen LogP contribution in [0.4, 0.5) is 5.69 Å². The van der Waals surface area contributed by atoms with Crippen LogP contribution in [0.25, 0.3) is 0 Å². The highest BCUT2D eigenvalue weighted by Crippen LogP contribution is 2.28. The maximum absolute atomic E-state index is 11.6. The summed E-state index contributed by atoms with van der Waals surface area (Å²) in [6.07, 6.45) is 2.08. The number of carbonyl (C=O) groups excluding carboxylic acids is 1. The molecule has 1 amide bonds. The molecule has 1 fully saturated rings. The lowest BCUT2D eigenvalue weighted by atomic mass is 10.2. The van der Waals surface area contributed by atoms with Gasteiger partial charge in [0.15, 0.2) is 5.96 Å². The van der Waals surface area contributed by atoms with E-state index in [2.05, 4.69) is 51.9 Å². The molecule has 6 heteroatoms. The van der Waals surface area contributed by atoms with Gasteiger partial charge in [-0.05, 0) is 38.8 Å². The molecule has 1 aliphatic carbocycles. The van der Waals surface area contributed by atoms with Gasteiger partial charge in [0.1, 0.15) is 0 Å². The zero-order valence-electron chi connectivity index (χ0n) is 15.6. The number of nitrogens with one attached hydrogen (secondary N) is 3. The Balaban J connectivity index is 1.76. The number of hydrogen-bond acceptors (Lipinski definition) is 3. The maximum atomic E-state index is 11.6. The first-order chi connectivity index (χ1) is 12.1. The number of rotatable bonds is 9. The van der Waals surface area contributed by atoms with E-state index < -0.39 is 0 Å². The first-order valence-corrected chi connectivity index (χ1v) is 9.19. The number of nitrogens with zero attached hydrogens (tertiary/aromatic N) is 2. The Morgan fingerprint density at radius 2 is 1.88 bits per heavy atom. The van der Waals surface area contributed by atoms with E-state index in [-0.39, 0.29) is 17.9 Å². The molecule has 1 aromatic rings. The number of guanidine groups is 1. The van der Waals surface area contributed by atoms with Gasteiger partial charge in [-0.2, -0.15) is 0 Å². The molecule has 138 valence electrons. The lowest BCUT2D eigenvalue weighted by Crippen LogP contribution is -2.42. The number of benzene rings is 1. The largest absolute Gasteiger partial charge is 0.370 e. The zero-order chi connectivity index (χ0) is 18.1. The molecule has 1 aromatic carbocycles. The van der Waals surface area contributed by atoms with Crippen LogP contribution in [0, 0.1) is 5.92 Å². The minimum atomic E-state index is 0.182. The van der Waals surface area contributed by atoms with Crippen LogP contribution >= 0.6 is 0 Å². The molecule has 0 bridgehead atoms. The van der Waals surface area contributed by atoms with Crippen LogP contribution in [0.1, 0.15) is 26.7 Å². The summed E-state index contributed by atoms with van der Waals surface area (Å²) in [4.78, 5) is 18.5. The molecule has 2 rings (SSSR count). The van der Waals surface area contributed by atoms with Crippen molar-refractivity contribution < 1.29 is 4.79 Å². The van der Waals surface area contributed by atoms with Gasteiger partial charge in [0.2, 0.25) is 5.91 Å². The van der Waals surface area contributed by atoms with Crippen molar-refractivity contribution >= 4 is 17.6 Å². The second-order valence-corrected chi connectivity index (χ2v) is 6.51. The number of anilines is 1. The molecular formula is C19H31N5O. The second kappa shape index (κ2) is 9.91. The Labute approximate surface area is 151 Å². The van der Waals surface area contributed by atoms with Crippen molar-refractivity contribution in [2.75, 3.05) is 38.1 Å². The van der Waals surface area contributed by atoms with E-state index in [0.717, 1.165) is 25.3 Å². The molecule has 1 saturated carbocycles. The number of amides is 1. The van der Waals surface area contributed by atoms with Gasteiger partial charge in [-0.15, -0.1) is 0 Å². The van der Waals surface area contributed by atoms with Crippen molar-refractivity contribution in [3.05, 3.63) is 30.3 Å². The maximum Gasteiger partial charge on any atom is 0.223 e. The van der Waals surface area contributed by atoms with Crippen LogP contribution in [0.2, 0.25) is 0 Å². The van der Waals surface area contributed by atoms with Gasteiger partial charge < -0.3 is 20.9 Å². The minimum Gasteiger partial charge on any atom is -0.370 e. The molecular weight excluding hydrogens is 314 g/mol. The Kier molecular flexibility index (Phi) is 7.57. The van der Waals surface area contributed by atoms with Gasteiger partial charge in [0, 0.05) is 44.3 Å². The molecule has 0 radical (unpaired) electrons. The Morgan fingerprint density at radius 3 is 2.52 bits per heavy atom. The van der Waals surface area contributed by atoms with Crippen molar-refractivity contribution in [2.45, 2.75) is 32.7 Å². The highest BCUT2D eigenvalue weighted by atomic mass is 16.2. The predicted octanol–water partition coefficient (Wildman–Crippen LogP) is 1.59. The van der Waals surface area contributed by atoms with E-state index in [9.17, 15) is 4.79 Å². The summed E-state index contributed by atoms with van der Waals surface area (Å²) >= 11 is 0. The van der Waals surface area contributed by atoms with Crippen LogP contribution in [0.3, 0.4) is 0 Å². The van der Waals surface area contributed by atoms with Crippen LogP contribution < -0.4 is 20.9 Å². The fraction of sp³-hybridized carbons (Fsp3) is 0.579. The molecule has 1 aliphatic rings. The normalized spacial score (nSPS) is 15.4. The summed E-state index contributed by atoms with van der Waals surface area (Å²) in [5, 5.41) is 9.48. The van der Waals surface area contributed by atoms with Gasteiger partial charge in [0.05, 0.1) is 6.54 Å². The van der Waals surface area contributed by atoms with Crippen LogP contribution in [-0.4, -0.2) is 51.1 Å². The van der Waals surface area contributed by atoms with E-state index in [1.165, 1.54) is 5.69 Å². The third kappa shape index (κ3) is 6.64. The lowest BCUT2D eigenvalue weighted by molar-refractivity contribution is -0.122. The Bertz CT molecular complexity index is 556. The molecule has 25 heavy (non-hydrogen) atoms. The first-order valence-electron chi connectivity index (χ1n) is 9.19. The fourth-order valence-electron chi connectivity index (χ4n) is 2.46. The SMILES string of the molecule is CCNC(=NCC(C)N(C)c1ccccc1)NCCNC(=O)C1CC1. The molecule has 0 saturated heterocycles. The quantitative estimate of drug-likeness (QED) is 0.361. The summed E-state index contributed by atoms with van der Waals surface area (Å²) in [6, 6.07) is 10.6. The van der Waals surface area contributed by atoms with E-state index in [4.69, 9.17) is 0 Å². The monoisotopic (exact) mass is 345 g/mol. The number of likely N-dealkylation sites (N-methyl/N-ethyl adjacent to an activating group) is 1. The van der Waals surface area contributed by atoms with Crippen LogP contribution in [0.15, 0.2) is 35.3 Å². The number of hydrogen-bond donors (Lipinski definition) is 3. The highest BCUT2D eigenvalue weighted by molar-refractivity contribution is 5.81. The average Bonchev–Trinajstić information content (AvgIpc) is 3.48. The standard InChI is InChI=1S/C19H31N5O/c1-4-20-19(22-13-12-21-18(25)16-10-11-16)23-14-15(2)24(3)17-8-6-5-7-9-17/h5-9,15-16H,4,10-14H2,1-3H3,(H,21,25)(H2,20,22,23). The van der Waals surface area contributed by atoms with Gasteiger partial charge >= 0.3 is 0 Å². The summed E-state index contributed by atoms with van der Waals surface area (Å²) in [6.45, 7) is 7.01. The summed E-state index contributed by atoms with van der Waals surface area (Å²) in [7, 11) is 2.09.